The van der Waals surface area contributed by atoms with Crippen molar-refractivity contribution in [1.82, 2.24) is 68.6 Å². The fourth-order valence-electron chi connectivity index (χ4n) is 11.6. The van der Waals surface area contributed by atoms with E-state index in [1.54, 1.807) is 40.9 Å². The van der Waals surface area contributed by atoms with E-state index in [-0.39, 0.29) is 41.8 Å². The van der Waals surface area contributed by atoms with Crippen molar-refractivity contribution in [3.63, 3.8) is 0 Å². The van der Waals surface area contributed by atoms with Gasteiger partial charge in [-0.3, -0.25) is 19.3 Å². The molecular formula is C66H95N17O5. The van der Waals surface area contributed by atoms with Gasteiger partial charge in [0, 0.05) is 112 Å². The number of nitrogens with one attached hydrogen (secondary N) is 3. The molecule has 3 N–H and O–H groups in total. The van der Waals surface area contributed by atoms with Gasteiger partial charge in [0.25, 0.3) is 5.91 Å². The summed E-state index contributed by atoms with van der Waals surface area (Å²) in [7, 11) is 12.2. The third-order valence-corrected chi connectivity index (χ3v) is 16.9. The first-order valence-corrected chi connectivity index (χ1v) is 31.8. The Labute approximate surface area is 520 Å². The van der Waals surface area contributed by atoms with Crippen molar-refractivity contribution in [3.8, 4) is 12.0 Å². The fourth-order valence-corrected chi connectivity index (χ4v) is 11.6. The van der Waals surface area contributed by atoms with Crippen molar-refractivity contribution in [3.05, 3.63) is 113 Å². The number of piperidine rings is 4. The van der Waals surface area contributed by atoms with Crippen LogP contribution < -0.4 is 25.4 Å². The van der Waals surface area contributed by atoms with E-state index in [0.29, 0.717) is 73.2 Å². The fraction of sp³-hybridized carbons (Fsp3) is 0.561. The minimum absolute atomic E-state index is 0.0147. The van der Waals surface area contributed by atoms with Crippen molar-refractivity contribution in [2.24, 2.45) is 0 Å². The lowest BCUT2D eigenvalue weighted by Crippen LogP contribution is -2.43. The highest BCUT2D eigenvalue weighted by molar-refractivity contribution is 6.00. The van der Waals surface area contributed by atoms with E-state index in [4.69, 9.17) is 29.4 Å². The Morgan fingerprint density at radius 3 is 1.72 bits per heavy atom. The molecule has 0 bridgehead atoms. The number of ether oxygens (including phenoxy) is 2. The number of likely N-dealkylation sites (N-methyl/N-ethyl adjacent to an activating group) is 2. The third-order valence-electron chi connectivity index (χ3n) is 16.9. The van der Waals surface area contributed by atoms with Gasteiger partial charge in [0.1, 0.15) is 12.2 Å². The molecule has 22 heteroatoms. The zero-order valence-electron chi connectivity index (χ0n) is 53.7. The smallest absolute Gasteiger partial charge is 0.322 e. The van der Waals surface area contributed by atoms with E-state index in [1.807, 2.05) is 65.9 Å². The van der Waals surface area contributed by atoms with Gasteiger partial charge in [-0.2, -0.15) is 39.2 Å². The highest BCUT2D eigenvalue weighted by Crippen LogP contribution is 2.29. The van der Waals surface area contributed by atoms with Gasteiger partial charge in [-0.05, 0) is 154 Å². The quantitative estimate of drug-likeness (QED) is 0.0520. The molecule has 4 fully saturated rings. The maximum atomic E-state index is 13.2. The van der Waals surface area contributed by atoms with Crippen LogP contribution in [0.4, 0.5) is 17.6 Å². The number of carbonyl (C=O) groups excluding carboxylic acids is 3. The molecule has 10 rings (SSSR count). The first kappa shape index (κ1) is 65.1. The Morgan fingerprint density at radius 2 is 1.16 bits per heavy atom. The highest BCUT2D eigenvalue weighted by Gasteiger charge is 2.29. The summed E-state index contributed by atoms with van der Waals surface area (Å²) in [5.74, 6) is 1.78. The van der Waals surface area contributed by atoms with Gasteiger partial charge < -0.3 is 49.9 Å². The van der Waals surface area contributed by atoms with Crippen LogP contribution in [0.2, 0.25) is 0 Å². The van der Waals surface area contributed by atoms with Gasteiger partial charge in [0.15, 0.2) is 17.1 Å². The number of ketones is 1. The summed E-state index contributed by atoms with van der Waals surface area (Å²) in [4.78, 5) is 70.0. The number of fused-ring (bicyclic) bond motifs is 2. The molecule has 0 aliphatic carbocycles. The lowest BCUT2D eigenvalue weighted by Gasteiger charge is -2.36. The number of nitrogens with zero attached hydrogens (tertiary/aromatic N) is 14. The number of allylic oxidation sites excluding steroid dienone is 1. The van der Waals surface area contributed by atoms with Crippen molar-refractivity contribution >= 4 is 46.5 Å². The highest BCUT2D eigenvalue weighted by atomic mass is 16.5. The van der Waals surface area contributed by atoms with E-state index in [2.05, 4.69) is 107 Å². The topological polar surface area (TPSA) is 211 Å². The molecular weight excluding hydrogens is 1110 g/mol. The predicted molar refractivity (Wildman–Crippen MR) is 347 cm³/mol. The van der Waals surface area contributed by atoms with E-state index in [1.165, 1.54) is 24.5 Å². The summed E-state index contributed by atoms with van der Waals surface area (Å²) in [6.45, 7) is 18.0. The molecule has 2 aromatic carbocycles. The van der Waals surface area contributed by atoms with Crippen LogP contribution in [0.3, 0.4) is 0 Å². The molecule has 2 amide bonds. The number of hydrogen-bond acceptors (Lipinski definition) is 18. The summed E-state index contributed by atoms with van der Waals surface area (Å²) < 4.78 is 16.2. The third kappa shape index (κ3) is 18.4. The van der Waals surface area contributed by atoms with Crippen LogP contribution in [0.1, 0.15) is 130 Å². The van der Waals surface area contributed by atoms with Crippen LogP contribution in [0.25, 0.3) is 11.3 Å². The second kappa shape index (κ2) is 31.2. The van der Waals surface area contributed by atoms with Crippen LogP contribution in [0, 0.1) is 0 Å². The Hall–Kier alpha value is -7.37. The second-order valence-corrected chi connectivity index (χ2v) is 25.4. The summed E-state index contributed by atoms with van der Waals surface area (Å²) in [6, 6.07) is 16.9. The number of carbonyl (C=O) groups is 3. The average molecular weight is 1210 g/mol. The molecule has 4 saturated heterocycles. The van der Waals surface area contributed by atoms with Crippen molar-refractivity contribution in [2.75, 3.05) is 124 Å². The molecule has 0 spiro atoms. The Kier molecular flexibility index (Phi) is 23.1. The van der Waals surface area contributed by atoms with Gasteiger partial charge in [0.05, 0.1) is 12.4 Å². The molecule has 8 heterocycles. The monoisotopic (exact) mass is 1210 g/mol. The first-order valence-electron chi connectivity index (χ1n) is 31.8. The van der Waals surface area contributed by atoms with E-state index in [0.717, 1.165) is 125 Å². The molecule has 4 aliphatic heterocycles. The maximum absolute atomic E-state index is 13.2. The number of rotatable bonds is 23. The normalized spacial score (nSPS) is 18.1. The van der Waals surface area contributed by atoms with Gasteiger partial charge in [-0.25, -0.2) is 0 Å². The minimum atomic E-state index is -0.197. The molecule has 0 saturated carbocycles. The Bertz CT molecular complexity index is 3280. The number of hydrogen-bond donors (Lipinski definition) is 3. The van der Waals surface area contributed by atoms with E-state index < -0.39 is 0 Å². The van der Waals surface area contributed by atoms with Gasteiger partial charge in [-0.15, -0.1) is 0 Å². The summed E-state index contributed by atoms with van der Waals surface area (Å²) in [6.07, 6.45) is 20.3. The molecule has 4 aliphatic rings. The number of amides is 2. The van der Waals surface area contributed by atoms with E-state index in [9.17, 15) is 14.4 Å². The lowest BCUT2D eigenvalue weighted by molar-refractivity contribution is -0.114. The van der Waals surface area contributed by atoms with Crippen molar-refractivity contribution in [1.29, 1.82) is 0 Å². The van der Waals surface area contributed by atoms with E-state index >= 15 is 0 Å². The number of anilines is 3. The molecule has 1 atom stereocenters. The Morgan fingerprint density at radius 1 is 0.625 bits per heavy atom. The molecule has 0 radical (unpaired) electrons. The summed E-state index contributed by atoms with van der Waals surface area (Å²) in [5.41, 5.74) is 7.29. The Balaban J connectivity index is 0.000000209. The second-order valence-electron chi connectivity index (χ2n) is 25.4. The molecule has 4 aromatic heterocycles. The van der Waals surface area contributed by atoms with Gasteiger partial charge in [-0.1, -0.05) is 70.5 Å². The largest absolute Gasteiger partial charge is 0.460 e. The zero-order chi connectivity index (χ0) is 62.3. The molecule has 474 valence electrons. The maximum Gasteiger partial charge on any atom is 0.322 e. The molecule has 88 heavy (non-hydrogen) atoms. The predicted octanol–water partition coefficient (Wildman–Crippen LogP) is 7.91. The van der Waals surface area contributed by atoms with Crippen LogP contribution in [-0.2, 0) is 22.6 Å². The standard InChI is InChI=1S/C34H50N8O2.C32H45N9O3/c1-25(2)31-23-36-42-32(31)37-34(44-30-15-19-40(5)20-16-30)38-33(42)35-22-28-9-6-7-18-41(28)24-27-13-11-26(12-14-27)21-29(43)10-8-17-39(3)4;1-22(2)27-21-33-41-29(27)36-32(44-26-14-17-39(5)18-15-26)37-31(41)35-25-12-19-40(20-13-25)30(43)23-8-10-24(11-9-23)34-28(42)7-6-16-38(3)4/h8,10-14,23,25,28,30H,6-7,9,15-22,24H2,1-5H3,(H,35,37,38);6-11,21-22,25-26H,12-20H2,1-5H3,(H,34,42)(H,35,36,37)/b10-8+;7-6+. The number of benzene rings is 2. The number of aromatic nitrogens is 8. The van der Waals surface area contributed by atoms with Crippen LogP contribution >= 0.6 is 0 Å². The van der Waals surface area contributed by atoms with Gasteiger partial charge in [0.2, 0.25) is 17.8 Å². The SMILES string of the molecule is CC(C)c1cnn2c(NC3CCN(C(=O)c4ccc(NC(=O)/C=C/CN(C)C)cc4)CC3)nc(OC3CCN(C)CC3)nc12.CC(C)c1cnn2c(NCC3CCCCN3Cc3ccc(CC(=O)/C=C/CN(C)C)cc3)nc(OC3CCN(C)CC3)nc12. The lowest BCUT2D eigenvalue weighted by atomic mass is 10.0. The van der Waals surface area contributed by atoms with Gasteiger partial charge >= 0.3 is 12.0 Å². The van der Waals surface area contributed by atoms with Crippen molar-refractivity contribution < 1.29 is 23.9 Å². The molecule has 1 unspecified atom stereocenters. The molecule has 6 aromatic rings. The summed E-state index contributed by atoms with van der Waals surface area (Å²) >= 11 is 0. The number of likely N-dealkylation sites (tertiary alicyclic amines) is 4. The van der Waals surface area contributed by atoms with Crippen LogP contribution in [0.15, 0.2) is 85.2 Å². The minimum Gasteiger partial charge on any atom is -0.460 e. The summed E-state index contributed by atoms with van der Waals surface area (Å²) in [5, 5.41) is 19.3. The van der Waals surface area contributed by atoms with Crippen molar-refractivity contribution in [2.45, 2.75) is 135 Å². The molecule has 22 nitrogen and oxygen atoms in total. The zero-order valence-corrected chi connectivity index (χ0v) is 53.7. The van der Waals surface area contributed by atoms with Crippen LogP contribution in [0.5, 0.6) is 12.0 Å². The van der Waals surface area contributed by atoms with Crippen LogP contribution in [-0.4, -0.2) is 218 Å². The first-order chi connectivity index (χ1) is 42.4. The average Bonchev–Trinajstić information content (AvgIpc) is 3.72.